The molecule has 1 N–H and O–H groups in total. The first kappa shape index (κ1) is 10.4. The van der Waals surface area contributed by atoms with Crippen molar-refractivity contribution in [2.75, 3.05) is 20.1 Å². The van der Waals surface area contributed by atoms with Crippen LogP contribution in [0, 0.1) is 5.92 Å². The van der Waals surface area contributed by atoms with Crippen LogP contribution in [0.5, 0.6) is 0 Å². The summed E-state index contributed by atoms with van der Waals surface area (Å²) in [5.74, 6) is 0.991. The van der Waals surface area contributed by atoms with Crippen molar-refractivity contribution in [3.8, 4) is 0 Å². The molecule has 14 heavy (non-hydrogen) atoms. The predicted octanol–water partition coefficient (Wildman–Crippen LogP) is 1.86. The van der Waals surface area contributed by atoms with Crippen LogP contribution in [0.3, 0.4) is 0 Å². The van der Waals surface area contributed by atoms with Gasteiger partial charge in [-0.15, -0.1) is 0 Å². The summed E-state index contributed by atoms with van der Waals surface area (Å²) in [6.45, 7) is 7.18. The van der Waals surface area contributed by atoms with Crippen LogP contribution in [0.25, 0.3) is 0 Å². The number of hydrogen-bond acceptors (Lipinski definition) is 2. The molecule has 2 nitrogen and oxygen atoms in total. The fourth-order valence-electron chi connectivity index (χ4n) is 2.73. The van der Waals surface area contributed by atoms with Crippen molar-refractivity contribution in [1.82, 2.24) is 10.2 Å². The van der Waals surface area contributed by atoms with E-state index in [1.807, 2.05) is 0 Å². The fraction of sp³-hybridized carbons (Fsp3) is 1.00. The number of hydrogen-bond donors (Lipinski definition) is 1. The van der Waals surface area contributed by atoms with Crippen LogP contribution < -0.4 is 5.32 Å². The second kappa shape index (κ2) is 3.82. The highest BCUT2D eigenvalue weighted by Crippen LogP contribution is 2.35. The van der Waals surface area contributed by atoms with E-state index in [0.717, 1.165) is 12.0 Å². The molecule has 0 aromatic carbocycles. The van der Waals surface area contributed by atoms with Crippen LogP contribution in [0.4, 0.5) is 0 Å². The predicted molar refractivity (Wildman–Crippen MR) is 60.5 cm³/mol. The average molecular weight is 196 g/mol. The Morgan fingerprint density at radius 1 is 1.50 bits per heavy atom. The molecule has 1 saturated heterocycles. The second-order valence-corrected chi connectivity index (χ2v) is 5.58. The third kappa shape index (κ3) is 2.29. The molecule has 0 bridgehead atoms. The van der Waals surface area contributed by atoms with Gasteiger partial charge in [-0.1, -0.05) is 0 Å². The number of likely N-dealkylation sites (N-methyl/N-ethyl adjacent to an activating group) is 1. The maximum atomic E-state index is 3.64. The Morgan fingerprint density at radius 3 is 2.71 bits per heavy atom. The molecule has 1 aliphatic carbocycles. The zero-order valence-electron chi connectivity index (χ0n) is 9.84. The van der Waals surface area contributed by atoms with Gasteiger partial charge in [0.2, 0.25) is 0 Å². The summed E-state index contributed by atoms with van der Waals surface area (Å²) >= 11 is 0. The summed E-state index contributed by atoms with van der Waals surface area (Å²) in [5.41, 5.74) is 0.387. The lowest BCUT2D eigenvalue weighted by Crippen LogP contribution is -2.49. The first-order chi connectivity index (χ1) is 6.61. The molecule has 1 saturated carbocycles. The van der Waals surface area contributed by atoms with E-state index in [1.54, 1.807) is 0 Å². The third-order valence-electron chi connectivity index (χ3n) is 4.05. The standard InChI is InChI=1S/C12H24N2/c1-10(11-5-6-11)14(3)9-12(2)7-4-8-13-12/h10-11,13H,4-9H2,1-3H3. The molecular formula is C12H24N2. The monoisotopic (exact) mass is 196 g/mol. The minimum Gasteiger partial charge on any atom is -0.310 e. The minimum atomic E-state index is 0.387. The molecule has 82 valence electrons. The van der Waals surface area contributed by atoms with Crippen molar-refractivity contribution in [3.63, 3.8) is 0 Å². The van der Waals surface area contributed by atoms with E-state index in [-0.39, 0.29) is 0 Å². The molecule has 1 aliphatic heterocycles. The van der Waals surface area contributed by atoms with Gasteiger partial charge in [-0.3, -0.25) is 0 Å². The fourth-order valence-corrected chi connectivity index (χ4v) is 2.73. The summed E-state index contributed by atoms with van der Waals surface area (Å²) in [5, 5.41) is 3.64. The van der Waals surface area contributed by atoms with Gasteiger partial charge in [-0.05, 0) is 59.0 Å². The molecule has 2 heteroatoms. The molecule has 2 unspecified atom stereocenters. The Bertz CT molecular complexity index is 192. The average Bonchev–Trinajstić information content (AvgIpc) is 2.89. The van der Waals surface area contributed by atoms with Gasteiger partial charge in [-0.25, -0.2) is 0 Å². The molecule has 2 rings (SSSR count). The zero-order valence-corrected chi connectivity index (χ0v) is 9.84. The Kier molecular flexibility index (Phi) is 2.85. The molecule has 2 atom stereocenters. The van der Waals surface area contributed by atoms with Crippen LogP contribution in [-0.4, -0.2) is 36.6 Å². The Hall–Kier alpha value is -0.0800. The molecule has 1 heterocycles. The Balaban J connectivity index is 1.82. The van der Waals surface area contributed by atoms with Gasteiger partial charge in [0.25, 0.3) is 0 Å². The van der Waals surface area contributed by atoms with Crippen molar-refractivity contribution >= 4 is 0 Å². The maximum absolute atomic E-state index is 3.64. The minimum absolute atomic E-state index is 0.387. The lowest BCUT2D eigenvalue weighted by Gasteiger charge is -2.34. The smallest absolute Gasteiger partial charge is 0.0280 e. The quantitative estimate of drug-likeness (QED) is 0.738. The SMILES string of the molecule is CC(C1CC1)N(C)CC1(C)CCCN1. The van der Waals surface area contributed by atoms with Crippen LogP contribution in [-0.2, 0) is 0 Å². The molecule has 2 fully saturated rings. The second-order valence-electron chi connectivity index (χ2n) is 5.58. The first-order valence-electron chi connectivity index (χ1n) is 6.06. The van der Waals surface area contributed by atoms with Crippen LogP contribution >= 0.6 is 0 Å². The van der Waals surface area contributed by atoms with Gasteiger partial charge in [-0.2, -0.15) is 0 Å². The maximum Gasteiger partial charge on any atom is 0.0280 e. The highest BCUT2D eigenvalue weighted by atomic mass is 15.2. The molecule has 0 aromatic heterocycles. The number of rotatable bonds is 4. The molecule has 2 aliphatic rings. The summed E-state index contributed by atoms with van der Waals surface area (Å²) in [6.07, 6.45) is 5.60. The summed E-state index contributed by atoms with van der Waals surface area (Å²) in [7, 11) is 2.29. The van der Waals surface area contributed by atoms with Crippen molar-refractivity contribution in [1.29, 1.82) is 0 Å². The normalized spacial score (nSPS) is 35.1. The van der Waals surface area contributed by atoms with E-state index >= 15 is 0 Å². The summed E-state index contributed by atoms with van der Waals surface area (Å²) < 4.78 is 0. The zero-order chi connectivity index (χ0) is 10.2. The Labute approximate surface area is 88.1 Å². The van der Waals surface area contributed by atoms with E-state index in [9.17, 15) is 0 Å². The van der Waals surface area contributed by atoms with Crippen LogP contribution in [0.15, 0.2) is 0 Å². The Morgan fingerprint density at radius 2 is 2.21 bits per heavy atom. The number of nitrogens with one attached hydrogen (secondary N) is 1. The van der Waals surface area contributed by atoms with Gasteiger partial charge in [0, 0.05) is 18.1 Å². The van der Waals surface area contributed by atoms with E-state index < -0.39 is 0 Å². The highest BCUT2D eigenvalue weighted by Gasteiger charge is 2.35. The summed E-state index contributed by atoms with van der Waals surface area (Å²) in [6, 6.07) is 0.786. The highest BCUT2D eigenvalue weighted by molar-refractivity contribution is 4.93. The third-order valence-corrected chi connectivity index (χ3v) is 4.05. The number of nitrogens with zero attached hydrogens (tertiary/aromatic N) is 1. The molecule has 0 radical (unpaired) electrons. The van der Waals surface area contributed by atoms with Crippen molar-refractivity contribution < 1.29 is 0 Å². The lowest BCUT2D eigenvalue weighted by molar-refractivity contribution is 0.178. The molecule has 0 aromatic rings. The largest absolute Gasteiger partial charge is 0.310 e. The summed E-state index contributed by atoms with van der Waals surface area (Å²) in [4.78, 5) is 2.55. The molecular weight excluding hydrogens is 172 g/mol. The molecule has 0 spiro atoms. The first-order valence-corrected chi connectivity index (χ1v) is 6.06. The van der Waals surface area contributed by atoms with Crippen LogP contribution in [0.2, 0.25) is 0 Å². The van der Waals surface area contributed by atoms with Crippen molar-refractivity contribution in [2.45, 2.75) is 51.1 Å². The molecule has 0 amide bonds. The van der Waals surface area contributed by atoms with E-state index in [0.29, 0.717) is 5.54 Å². The van der Waals surface area contributed by atoms with Gasteiger partial charge in [0.15, 0.2) is 0 Å². The van der Waals surface area contributed by atoms with Crippen molar-refractivity contribution in [2.24, 2.45) is 5.92 Å². The van der Waals surface area contributed by atoms with E-state index in [4.69, 9.17) is 0 Å². The van der Waals surface area contributed by atoms with Gasteiger partial charge in [0.1, 0.15) is 0 Å². The van der Waals surface area contributed by atoms with Crippen LogP contribution in [0.1, 0.15) is 39.5 Å². The van der Waals surface area contributed by atoms with Gasteiger partial charge >= 0.3 is 0 Å². The van der Waals surface area contributed by atoms with Gasteiger partial charge in [0.05, 0.1) is 0 Å². The van der Waals surface area contributed by atoms with Gasteiger partial charge < -0.3 is 10.2 Å². The lowest BCUT2D eigenvalue weighted by atomic mass is 9.98. The van der Waals surface area contributed by atoms with Crippen molar-refractivity contribution in [3.05, 3.63) is 0 Å². The topological polar surface area (TPSA) is 15.3 Å². The van der Waals surface area contributed by atoms with E-state index in [1.165, 1.54) is 38.8 Å². The van der Waals surface area contributed by atoms with E-state index in [2.05, 4.69) is 31.1 Å².